The van der Waals surface area contributed by atoms with Gasteiger partial charge in [0, 0.05) is 23.3 Å². The summed E-state index contributed by atoms with van der Waals surface area (Å²) in [6.07, 6.45) is -0.524. The standard InChI is InChI=1S/C15H24ClNO/c1-10(2)9-17(11(3)4)13-6-7-14(12(5)18)15(16)8-13/h6-8,10-12,18H,9H2,1-5H3. The lowest BCUT2D eigenvalue weighted by atomic mass is 10.1. The first-order valence-corrected chi connectivity index (χ1v) is 6.94. The second kappa shape index (κ2) is 6.44. The van der Waals surface area contributed by atoms with Crippen molar-refractivity contribution in [3.63, 3.8) is 0 Å². The van der Waals surface area contributed by atoms with Crippen LogP contribution in [0.15, 0.2) is 18.2 Å². The van der Waals surface area contributed by atoms with E-state index in [1.807, 2.05) is 18.2 Å². The molecule has 1 atom stereocenters. The highest BCUT2D eigenvalue weighted by molar-refractivity contribution is 6.31. The molecular weight excluding hydrogens is 246 g/mol. The SMILES string of the molecule is CC(C)CN(c1ccc(C(C)O)c(Cl)c1)C(C)C. The number of nitrogens with zero attached hydrogens (tertiary/aromatic N) is 1. The van der Waals surface area contributed by atoms with Crippen LogP contribution in [0.25, 0.3) is 0 Å². The third-order valence-electron chi connectivity index (χ3n) is 2.95. The average molecular weight is 270 g/mol. The van der Waals surface area contributed by atoms with Gasteiger partial charge in [0.1, 0.15) is 0 Å². The van der Waals surface area contributed by atoms with Gasteiger partial charge < -0.3 is 10.0 Å². The molecule has 0 radical (unpaired) electrons. The fourth-order valence-electron chi connectivity index (χ4n) is 2.04. The Kier molecular flexibility index (Phi) is 5.48. The molecule has 18 heavy (non-hydrogen) atoms. The zero-order chi connectivity index (χ0) is 13.9. The van der Waals surface area contributed by atoms with Crippen LogP contribution in [0, 0.1) is 5.92 Å². The van der Waals surface area contributed by atoms with Gasteiger partial charge in [-0.2, -0.15) is 0 Å². The van der Waals surface area contributed by atoms with Crippen molar-refractivity contribution < 1.29 is 5.11 Å². The number of hydrogen-bond donors (Lipinski definition) is 1. The predicted molar refractivity (Wildman–Crippen MR) is 79.4 cm³/mol. The second-order valence-corrected chi connectivity index (χ2v) is 5.93. The molecule has 0 spiro atoms. The monoisotopic (exact) mass is 269 g/mol. The largest absolute Gasteiger partial charge is 0.389 e. The van der Waals surface area contributed by atoms with Crippen molar-refractivity contribution in [1.29, 1.82) is 0 Å². The summed E-state index contributed by atoms with van der Waals surface area (Å²) in [5.74, 6) is 0.600. The molecule has 0 aliphatic rings. The van der Waals surface area contributed by atoms with Gasteiger partial charge in [0.2, 0.25) is 0 Å². The van der Waals surface area contributed by atoms with Crippen LogP contribution in [0.2, 0.25) is 5.02 Å². The van der Waals surface area contributed by atoms with E-state index in [2.05, 4.69) is 32.6 Å². The van der Waals surface area contributed by atoms with Crippen molar-refractivity contribution in [3.8, 4) is 0 Å². The van der Waals surface area contributed by atoms with Gasteiger partial charge in [0.25, 0.3) is 0 Å². The van der Waals surface area contributed by atoms with Crippen molar-refractivity contribution in [2.75, 3.05) is 11.4 Å². The Bertz CT molecular complexity index is 388. The predicted octanol–water partition coefficient (Wildman–Crippen LogP) is 4.26. The Morgan fingerprint density at radius 2 is 1.78 bits per heavy atom. The van der Waals surface area contributed by atoms with E-state index in [9.17, 15) is 5.11 Å². The van der Waals surface area contributed by atoms with Gasteiger partial charge in [-0.3, -0.25) is 0 Å². The fourth-order valence-corrected chi connectivity index (χ4v) is 2.37. The maximum atomic E-state index is 9.59. The fraction of sp³-hybridized carbons (Fsp3) is 0.600. The Labute approximate surface area is 116 Å². The van der Waals surface area contributed by atoms with Gasteiger partial charge in [0.05, 0.1) is 6.10 Å². The highest BCUT2D eigenvalue weighted by Gasteiger charge is 2.14. The first kappa shape index (κ1) is 15.3. The summed E-state index contributed by atoms with van der Waals surface area (Å²) >= 11 is 6.22. The molecule has 1 unspecified atom stereocenters. The number of anilines is 1. The molecule has 0 bridgehead atoms. The Balaban J connectivity index is 3.03. The van der Waals surface area contributed by atoms with E-state index in [4.69, 9.17) is 11.6 Å². The zero-order valence-corrected chi connectivity index (χ0v) is 12.7. The smallest absolute Gasteiger partial charge is 0.0776 e. The molecule has 0 fully saturated rings. The first-order chi connectivity index (χ1) is 8.32. The van der Waals surface area contributed by atoms with Crippen molar-refractivity contribution in [3.05, 3.63) is 28.8 Å². The minimum atomic E-state index is -0.524. The first-order valence-electron chi connectivity index (χ1n) is 6.57. The topological polar surface area (TPSA) is 23.5 Å². The van der Waals surface area contributed by atoms with Gasteiger partial charge in [-0.25, -0.2) is 0 Å². The highest BCUT2D eigenvalue weighted by atomic mass is 35.5. The maximum Gasteiger partial charge on any atom is 0.0776 e. The number of halogens is 1. The number of aliphatic hydroxyl groups excluding tert-OH is 1. The van der Waals surface area contributed by atoms with Gasteiger partial charge in [-0.05, 0) is 44.4 Å². The number of rotatable bonds is 5. The number of benzene rings is 1. The Morgan fingerprint density at radius 3 is 2.17 bits per heavy atom. The molecule has 0 aromatic heterocycles. The molecule has 1 N–H and O–H groups in total. The maximum absolute atomic E-state index is 9.59. The second-order valence-electron chi connectivity index (χ2n) is 5.52. The minimum absolute atomic E-state index is 0.431. The van der Waals surface area contributed by atoms with Crippen molar-refractivity contribution in [2.45, 2.75) is 46.8 Å². The van der Waals surface area contributed by atoms with E-state index in [-0.39, 0.29) is 0 Å². The van der Waals surface area contributed by atoms with E-state index < -0.39 is 6.10 Å². The molecule has 102 valence electrons. The van der Waals surface area contributed by atoms with Gasteiger partial charge >= 0.3 is 0 Å². The molecule has 0 aliphatic heterocycles. The molecule has 1 aromatic carbocycles. The molecule has 0 saturated carbocycles. The lowest BCUT2D eigenvalue weighted by Gasteiger charge is -2.31. The van der Waals surface area contributed by atoms with Crippen LogP contribution in [0.1, 0.15) is 46.3 Å². The van der Waals surface area contributed by atoms with E-state index in [1.165, 1.54) is 0 Å². The summed E-state index contributed by atoms with van der Waals surface area (Å²) in [6.45, 7) is 11.5. The van der Waals surface area contributed by atoms with Crippen LogP contribution in [-0.2, 0) is 0 Å². The van der Waals surface area contributed by atoms with E-state index >= 15 is 0 Å². The molecule has 0 heterocycles. The zero-order valence-electron chi connectivity index (χ0n) is 11.9. The molecule has 2 nitrogen and oxygen atoms in total. The van der Waals surface area contributed by atoms with E-state index in [1.54, 1.807) is 6.92 Å². The average Bonchev–Trinajstić information content (AvgIpc) is 2.24. The summed E-state index contributed by atoms with van der Waals surface area (Å²) < 4.78 is 0. The van der Waals surface area contributed by atoms with Crippen molar-refractivity contribution >= 4 is 17.3 Å². The van der Waals surface area contributed by atoms with E-state index in [0.717, 1.165) is 17.8 Å². The number of aliphatic hydroxyl groups is 1. The lowest BCUT2D eigenvalue weighted by Crippen LogP contribution is -2.34. The minimum Gasteiger partial charge on any atom is -0.389 e. The summed E-state index contributed by atoms with van der Waals surface area (Å²) in [5, 5.41) is 10.2. The van der Waals surface area contributed by atoms with Gasteiger partial charge in [0.15, 0.2) is 0 Å². The molecule has 0 aliphatic carbocycles. The molecule has 0 amide bonds. The summed E-state index contributed by atoms with van der Waals surface area (Å²) in [5.41, 5.74) is 1.90. The molecule has 1 aromatic rings. The van der Waals surface area contributed by atoms with Crippen LogP contribution in [0.5, 0.6) is 0 Å². The molecular formula is C15H24ClNO. The highest BCUT2D eigenvalue weighted by Crippen LogP contribution is 2.29. The van der Waals surface area contributed by atoms with E-state index in [0.29, 0.717) is 17.0 Å². The summed E-state index contributed by atoms with van der Waals surface area (Å²) in [7, 11) is 0. The quantitative estimate of drug-likeness (QED) is 0.863. The third kappa shape index (κ3) is 3.89. The van der Waals surface area contributed by atoms with Crippen LogP contribution in [0.3, 0.4) is 0 Å². The molecule has 0 saturated heterocycles. The Hall–Kier alpha value is -0.730. The number of hydrogen-bond acceptors (Lipinski definition) is 2. The van der Waals surface area contributed by atoms with Crippen molar-refractivity contribution in [1.82, 2.24) is 0 Å². The van der Waals surface area contributed by atoms with Crippen LogP contribution < -0.4 is 4.90 Å². The van der Waals surface area contributed by atoms with Crippen LogP contribution in [-0.4, -0.2) is 17.7 Å². The lowest BCUT2D eigenvalue weighted by molar-refractivity contribution is 0.199. The molecule has 1 rings (SSSR count). The normalized spacial score (nSPS) is 13.2. The van der Waals surface area contributed by atoms with Gasteiger partial charge in [-0.15, -0.1) is 0 Å². The third-order valence-corrected chi connectivity index (χ3v) is 3.28. The molecule has 3 heteroatoms. The summed E-state index contributed by atoms with van der Waals surface area (Å²) in [4.78, 5) is 2.34. The van der Waals surface area contributed by atoms with Crippen LogP contribution >= 0.6 is 11.6 Å². The Morgan fingerprint density at radius 1 is 1.17 bits per heavy atom. The summed E-state index contributed by atoms with van der Waals surface area (Å²) in [6, 6.07) is 6.33. The van der Waals surface area contributed by atoms with Gasteiger partial charge in [-0.1, -0.05) is 31.5 Å². The van der Waals surface area contributed by atoms with Crippen LogP contribution in [0.4, 0.5) is 5.69 Å². The van der Waals surface area contributed by atoms with Crippen molar-refractivity contribution in [2.24, 2.45) is 5.92 Å².